The minimum Gasteiger partial charge on any atom is -0.481 e. The van der Waals surface area contributed by atoms with Crippen molar-refractivity contribution in [3.05, 3.63) is 29.8 Å². The van der Waals surface area contributed by atoms with Crippen LogP contribution in [0.4, 0.5) is 5.69 Å². The monoisotopic (exact) mass is 263 g/mol. The molecule has 1 atom stereocenters. The summed E-state index contributed by atoms with van der Waals surface area (Å²) in [4.78, 5) is 35.3. The summed E-state index contributed by atoms with van der Waals surface area (Å²) in [7, 11) is 1.29. The first kappa shape index (κ1) is 13.1. The number of amides is 1. The first-order valence-corrected chi connectivity index (χ1v) is 5.74. The number of carbonyl (C=O) groups is 3. The molecular formula is C13H13NO5. The van der Waals surface area contributed by atoms with Gasteiger partial charge >= 0.3 is 11.9 Å². The van der Waals surface area contributed by atoms with E-state index in [0.29, 0.717) is 11.3 Å². The van der Waals surface area contributed by atoms with Gasteiger partial charge in [0.05, 0.1) is 18.6 Å². The van der Waals surface area contributed by atoms with Gasteiger partial charge in [-0.15, -0.1) is 0 Å². The van der Waals surface area contributed by atoms with Gasteiger partial charge in [0.2, 0.25) is 5.91 Å². The molecule has 0 unspecified atom stereocenters. The summed E-state index contributed by atoms with van der Waals surface area (Å²) in [6.07, 6.45) is 0.00802. The number of ether oxygens (including phenoxy) is 1. The van der Waals surface area contributed by atoms with E-state index in [-0.39, 0.29) is 18.9 Å². The van der Waals surface area contributed by atoms with Crippen LogP contribution in [0, 0.1) is 5.92 Å². The number of nitrogens with zero attached hydrogens (tertiary/aromatic N) is 1. The Bertz CT molecular complexity index is 522. The molecule has 6 heteroatoms. The van der Waals surface area contributed by atoms with Gasteiger partial charge in [0.1, 0.15) is 0 Å². The lowest BCUT2D eigenvalue weighted by atomic mass is 10.1. The maximum Gasteiger partial charge on any atom is 0.337 e. The predicted octanol–water partition coefficient (Wildman–Crippen LogP) is 0.911. The van der Waals surface area contributed by atoms with Gasteiger partial charge in [-0.3, -0.25) is 9.59 Å². The molecule has 1 saturated heterocycles. The summed E-state index contributed by atoms with van der Waals surface area (Å²) in [6, 6.07) is 6.30. The number of anilines is 1. The lowest BCUT2D eigenvalue weighted by molar-refractivity contribution is -0.141. The smallest absolute Gasteiger partial charge is 0.337 e. The third kappa shape index (κ3) is 2.57. The highest BCUT2D eigenvalue weighted by atomic mass is 16.5. The summed E-state index contributed by atoms with van der Waals surface area (Å²) < 4.78 is 4.57. The molecule has 1 N–H and O–H groups in total. The van der Waals surface area contributed by atoms with E-state index in [2.05, 4.69) is 4.74 Å². The number of methoxy groups -OCH3 is 1. The molecule has 0 saturated carbocycles. The Hall–Kier alpha value is -2.37. The van der Waals surface area contributed by atoms with Crippen molar-refractivity contribution in [3.8, 4) is 0 Å². The van der Waals surface area contributed by atoms with Gasteiger partial charge in [-0.25, -0.2) is 4.79 Å². The van der Waals surface area contributed by atoms with Gasteiger partial charge in [0.25, 0.3) is 0 Å². The first-order chi connectivity index (χ1) is 9.02. The number of benzene rings is 1. The van der Waals surface area contributed by atoms with E-state index in [1.165, 1.54) is 12.0 Å². The predicted molar refractivity (Wildman–Crippen MR) is 65.9 cm³/mol. The number of rotatable bonds is 3. The number of aliphatic carboxylic acids is 1. The second-order valence-electron chi connectivity index (χ2n) is 4.28. The van der Waals surface area contributed by atoms with Crippen LogP contribution in [0.15, 0.2) is 24.3 Å². The second-order valence-corrected chi connectivity index (χ2v) is 4.28. The lowest BCUT2D eigenvalue weighted by Crippen LogP contribution is -2.25. The molecule has 0 aromatic heterocycles. The van der Waals surface area contributed by atoms with Crippen LogP contribution in [0.3, 0.4) is 0 Å². The molecule has 1 aromatic rings. The van der Waals surface area contributed by atoms with Crippen LogP contribution < -0.4 is 4.90 Å². The number of carboxylic acids is 1. The topological polar surface area (TPSA) is 83.9 Å². The highest BCUT2D eigenvalue weighted by molar-refractivity contribution is 5.99. The van der Waals surface area contributed by atoms with E-state index in [1.54, 1.807) is 24.3 Å². The van der Waals surface area contributed by atoms with Crippen molar-refractivity contribution in [1.29, 1.82) is 0 Å². The number of carboxylic acid groups (broad SMARTS) is 1. The molecule has 0 spiro atoms. The third-order valence-electron chi connectivity index (χ3n) is 3.07. The SMILES string of the molecule is COC(=O)c1ccc(N2C[C@@H](C(=O)O)CC2=O)cc1. The van der Waals surface area contributed by atoms with Gasteiger partial charge in [-0.2, -0.15) is 0 Å². The molecule has 1 aliphatic heterocycles. The average Bonchev–Trinajstić information content (AvgIpc) is 2.80. The van der Waals surface area contributed by atoms with Crippen molar-refractivity contribution in [2.75, 3.05) is 18.6 Å². The molecule has 0 bridgehead atoms. The minimum absolute atomic E-state index is 0.00802. The molecule has 1 amide bonds. The molecule has 19 heavy (non-hydrogen) atoms. The van der Waals surface area contributed by atoms with E-state index in [9.17, 15) is 14.4 Å². The Labute approximate surface area is 109 Å². The van der Waals surface area contributed by atoms with E-state index in [1.807, 2.05) is 0 Å². The van der Waals surface area contributed by atoms with Gasteiger partial charge < -0.3 is 14.7 Å². The van der Waals surface area contributed by atoms with Gasteiger partial charge in [-0.05, 0) is 24.3 Å². The first-order valence-electron chi connectivity index (χ1n) is 5.74. The summed E-state index contributed by atoms with van der Waals surface area (Å²) in [5.74, 6) is -2.32. The summed E-state index contributed by atoms with van der Waals surface area (Å²) in [6.45, 7) is 0.158. The van der Waals surface area contributed by atoms with E-state index in [4.69, 9.17) is 5.11 Å². The van der Waals surface area contributed by atoms with Gasteiger partial charge in [0.15, 0.2) is 0 Å². The zero-order chi connectivity index (χ0) is 14.0. The quantitative estimate of drug-likeness (QED) is 0.819. The van der Waals surface area contributed by atoms with Crippen LogP contribution in [-0.2, 0) is 14.3 Å². The van der Waals surface area contributed by atoms with Crippen molar-refractivity contribution in [1.82, 2.24) is 0 Å². The van der Waals surface area contributed by atoms with Crippen LogP contribution in [0.2, 0.25) is 0 Å². The Morgan fingerprint density at radius 2 is 1.95 bits per heavy atom. The summed E-state index contributed by atoms with van der Waals surface area (Å²) >= 11 is 0. The van der Waals surface area contributed by atoms with Crippen molar-refractivity contribution < 1.29 is 24.2 Å². The largest absolute Gasteiger partial charge is 0.481 e. The maximum atomic E-state index is 11.7. The number of hydrogen-bond donors (Lipinski definition) is 1. The van der Waals surface area contributed by atoms with E-state index in [0.717, 1.165) is 0 Å². The Balaban J connectivity index is 2.17. The zero-order valence-corrected chi connectivity index (χ0v) is 10.3. The van der Waals surface area contributed by atoms with Crippen LogP contribution in [-0.4, -0.2) is 36.6 Å². The number of hydrogen-bond acceptors (Lipinski definition) is 4. The number of esters is 1. The molecule has 0 radical (unpaired) electrons. The van der Waals surface area contributed by atoms with Gasteiger partial charge in [-0.1, -0.05) is 0 Å². The molecule has 6 nitrogen and oxygen atoms in total. The standard InChI is InChI=1S/C13H13NO5/c1-19-13(18)8-2-4-10(5-3-8)14-7-9(12(16)17)6-11(14)15/h2-5,9H,6-7H2,1H3,(H,16,17)/t9-/m0/s1. The molecule has 1 heterocycles. The Morgan fingerprint density at radius 1 is 1.32 bits per heavy atom. The average molecular weight is 263 g/mol. The Kier molecular flexibility index (Phi) is 3.50. The second kappa shape index (κ2) is 5.09. The van der Waals surface area contributed by atoms with Crippen molar-refractivity contribution >= 4 is 23.5 Å². The molecule has 1 fully saturated rings. The Morgan fingerprint density at radius 3 is 2.42 bits per heavy atom. The highest BCUT2D eigenvalue weighted by Crippen LogP contribution is 2.25. The molecule has 2 rings (SSSR count). The van der Waals surface area contributed by atoms with Crippen molar-refractivity contribution in [2.45, 2.75) is 6.42 Å². The highest BCUT2D eigenvalue weighted by Gasteiger charge is 2.34. The normalized spacial score (nSPS) is 18.5. The minimum atomic E-state index is -0.970. The van der Waals surface area contributed by atoms with E-state index < -0.39 is 17.9 Å². The van der Waals surface area contributed by atoms with Crippen LogP contribution >= 0.6 is 0 Å². The van der Waals surface area contributed by atoms with E-state index >= 15 is 0 Å². The number of carbonyl (C=O) groups excluding carboxylic acids is 2. The summed E-state index contributed by atoms with van der Waals surface area (Å²) in [5, 5.41) is 8.90. The molecular weight excluding hydrogens is 250 g/mol. The van der Waals surface area contributed by atoms with Crippen LogP contribution in [0.1, 0.15) is 16.8 Å². The van der Waals surface area contributed by atoms with Crippen LogP contribution in [0.25, 0.3) is 0 Å². The maximum absolute atomic E-state index is 11.7. The molecule has 0 aliphatic carbocycles. The molecule has 100 valence electrons. The molecule has 1 aromatic carbocycles. The van der Waals surface area contributed by atoms with Crippen LogP contribution in [0.5, 0.6) is 0 Å². The van der Waals surface area contributed by atoms with Crippen molar-refractivity contribution in [2.24, 2.45) is 5.92 Å². The fraction of sp³-hybridized carbons (Fsp3) is 0.308. The van der Waals surface area contributed by atoms with Gasteiger partial charge in [0, 0.05) is 18.7 Å². The third-order valence-corrected chi connectivity index (χ3v) is 3.07. The fourth-order valence-electron chi connectivity index (χ4n) is 2.02. The van der Waals surface area contributed by atoms with Crippen molar-refractivity contribution in [3.63, 3.8) is 0 Å². The summed E-state index contributed by atoms with van der Waals surface area (Å²) in [5.41, 5.74) is 0.967. The fourth-order valence-corrected chi connectivity index (χ4v) is 2.02. The zero-order valence-electron chi connectivity index (χ0n) is 10.3. The molecule has 1 aliphatic rings. The lowest BCUT2D eigenvalue weighted by Gasteiger charge is -2.16.